The Kier molecular flexibility index (Phi) is 6.00. The number of hydrogen-bond donors (Lipinski definition) is 2. The van der Waals surface area contributed by atoms with Gasteiger partial charge >= 0.3 is 0 Å². The normalized spacial score (nSPS) is 20.1. The van der Waals surface area contributed by atoms with Gasteiger partial charge in [-0.3, -0.25) is 9.59 Å². The summed E-state index contributed by atoms with van der Waals surface area (Å²) in [6.45, 7) is 5.38. The van der Waals surface area contributed by atoms with Crippen LogP contribution in [-0.4, -0.2) is 56.8 Å². The lowest BCUT2D eigenvalue weighted by atomic mass is 10.1. The Morgan fingerprint density at radius 3 is 3.09 bits per heavy atom. The van der Waals surface area contributed by atoms with Crippen LogP contribution in [0.15, 0.2) is 6.33 Å². The second-order valence-electron chi connectivity index (χ2n) is 5.85. The predicted octanol–water partition coefficient (Wildman–Crippen LogP) is -0.0590. The standard InChI is InChI=1S/C14H23N5O3S/c1-14(2)13(21)17-10(8-23-14)12(20)15-7-11-18-16-9-19(11)5-4-6-22-3/h9-10H,4-8H2,1-3H3,(H,15,20)(H,17,21). The van der Waals surface area contributed by atoms with Gasteiger partial charge in [0.05, 0.1) is 11.3 Å². The van der Waals surface area contributed by atoms with Crippen molar-refractivity contribution in [1.82, 2.24) is 25.4 Å². The minimum atomic E-state index is -0.509. The van der Waals surface area contributed by atoms with Gasteiger partial charge in [-0.25, -0.2) is 0 Å². The van der Waals surface area contributed by atoms with Crippen LogP contribution in [-0.2, 0) is 27.4 Å². The number of rotatable bonds is 7. The van der Waals surface area contributed by atoms with Crippen molar-refractivity contribution in [2.75, 3.05) is 19.5 Å². The number of nitrogens with zero attached hydrogens (tertiary/aromatic N) is 3. The zero-order valence-corrected chi connectivity index (χ0v) is 14.5. The highest BCUT2D eigenvalue weighted by molar-refractivity contribution is 8.01. The average molecular weight is 341 g/mol. The number of aromatic nitrogens is 3. The van der Waals surface area contributed by atoms with Gasteiger partial charge in [0.25, 0.3) is 0 Å². The van der Waals surface area contributed by atoms with E-state index in [2.05, 4.69) is 20.8 Å². The summed E-state index contributed by atoms with van der Waals surface area (Å²) in [6.07, 6.45) is 2.48. The molecular formula is C14H23N5O3S. The van der Waals surface area contributed by atoms with Crippen molar-refractivity contribution in [3.63, 3.8) is 0 Å². The van der Waals surface area contributed by atoms with Crippen molar-refractivity contribution in [2.24, 2.45) is 0 Å². The topological polar surface area (TPSA) is 98.1 Å². The van der Waals surface area contributed by atoms with Crippen LogP contribution in [0.2, 0.25) is 0 Å². The van der Waals surface area contributed by atoms with Gasteiger partial charge in [0.15, 0.2) is 5.82 Å². The molecule has 2 heterocycles. The van der Waals surface area contributed by atoms with Crippen molar-refractivity contribution in [1.29, 1.82) is 0 Å². The summed E-state index contributed by atoms with van der Waals surface area (Å²) in [6, 6.07) is -0.509. The molecule has 1 unspecified atom stereocenters. The van der Waals surface area contributed by atoms with E-state index in [9.17, 15) is 9.59 Å². The maximum atomic E-state index is 12.2. The molecule has 0 radical (unpaired) electrons. The van der Waals surface area contributed by atoms with Crippen LogP contribution in [0.3, 0.4) is 0 Å². The summed E-state index contributed by atoms with van der Waals surface area (Å²) in [5, 5.41) is 13.5. The highest BCUT2D eigenvalue weighted by atomic mass is 32.2. The lowest BCUT2D eigenvalue weighted by molar-refractivity contribution is -0.129. The van der Waals surface area contributed by atoms with E-state index in [0.29, 0.717) is 18.2 Å². The number of nitrogens with one attached hydrogen (secondary N) is 2. The Hall–Kier alpha value is -1.61. The lowest BCUT2D eigenvalue weighted by Gasteiger charge is -2.32. The third-order valence-electron chi connectivity index (χ3n) is 3.64. The highest BCUT2D eigenvalue weighted by Gasteiger charge is 2.37. The van der Waals surface area contributed by atoms with Crippen LogP contribution in [0.1, 0.15) is 26.1 Å². The number of aryl methyl sites for hydroxylation is 1. The first-order chi connectivity index (χ1) is 10.9. The fourth-order valence-electron chi connectivity index (χ4n) is 2.14. The Morgan fingerprint density at radius 1 is 1.61 bits per heavy atom. The summed E-state index contributed by atoms with van der Waals surface area (Å²) < 4.78 is 6.42. The van der Waals surface area contributed by atoms with Gasteiger partial charge in [-0.15, -0.1) is 22.0 Å². The summed E-state index contributed by atoms with van der Waals surface area (Å²) in [4.78, 5) is 24.1. The first kappa shape index (κ1) is 17.7. The van der Waals surface area contributed by atoms with E-state index >= 15 is 0 Å². The molecule has 2 N–H and O–H groups in total. The Balaban J connectivity index is 1.83. The molecule has 0 saturated carbocycles. The molecule has 9 heteroatoms. The summed E-state index contributed by atoms with van der Waals surface area (Å²) in [5.74, 6) is 0.930. The molecule has 1 aliphatic rings. The zero-order valence-electron chi connectivity index (χ0n) is 13.7. The number of thioether (sulfide) groups is 1. The minimum absolute atomic E-state index is 0.114. The quantitative estimate of drug-likeness (QED) is 0.674. The molecule has 8 nitrogen and oxygen atoms in total. The van der Waals surface area contributed by atoms with E-state index in [4.69, 9.17) is 4.74 Å². The fraction of sp³-hybridized carbons (Fsp3) is 0.714. The summed E-state index contributed by atoms with van der Waals surface area (Å²) in [7, 11) is 1.66. The molecule has 1 saturated heterocycles. The van der Waals surface area contributed by atoms with E-state index in [1.165, 1.54) is 11.8 Å². The molecule has 1 atom stereocenters. The van der Waals surface area contributed by atoms with Crippen LogP contribution in [0, 0.1) is 0 Å². The van der Waals surface area contributed by atoms with Gasteiger partial charge in [-0.2, -0.15) is 0 Å². The second-order valence-corrected chi connectivity index (χ2v) is 7.49. The zero-order chi connectivity index (χ0) is 16.9. The monoisotopic (exact) mass is 341 g/mol. The van der Waals surface area contributed by atoms with E-state index in [-0.39, 0.29) is 18.4 Å². The molecule has 0 bridgehead atoms. The molecule has 23 heavy (non-hydrogen) atoms. The Bertz CT molecular complexity index is 560. The van der Waals surface area contributed by atoms with Gasteiger partial charge in [-0.05, 0) is 20.3 Å². The van der Waals surface area contributed by atoms with Crippen LogP contribution in [0.4, 0.5) is 0 Å². The lowest BCUT2D eigenvalue weighted by Crippen LogP contribution is -2.57. The molecule has 0 aromatic carbocycles. The smallest absolute Gasteiger partial charge is 0.243 e. The van der Waals surface area contributed by atoms with E-state index in [1.807, 2.05) is 18.4 Å². The predicted molar refractivity (Wildman–Crippen MR) is 86.8 cm³/mol. The summed E-state index contributed by atoms with van der Waals surface area (Å²) in [5.41, 5.74) is 0. The molecule has 0 aliphatic carbocycles. The maximum absolute atomic E-state index is 12.2. The molecule has 1 aliphatic heterocycles. The largest absolute Gasteiger partial charge is 0.385 e. The average Bonchev–Trinajstić information content (AvgIpc) is 2.95. The molecule has 2 amide bonds. The van der Waals surface area contributed by atoms with Gasteiger partial charge in [0.1, 0.15) is 12.4 Å². The van der Waals surface area contributed by atoms with E-state index in [0.717, 1.165) is 13.0 Å². The van der Waals surface area contributed by atoms with E-state index < -0.39 is 10.8 Å². The number of carbonyl (C=O) groups excluding carboxylic acids is 2. The number of amides is 2. The van der Waals surface area contributed by atoms with Crippen molar-refractivity contribution >= 4 is 23.6 Å². The fourth-order valence-corrected chi connectivity index (χ4v) is 3.15. The molecule has 0 spiro atoms. The molecular weight excluding hydrogens is 318 g/mol. The number of hydrogen-bond acceptors (Lipinski definition) is 6. The number of ether oxygens (including phenoxy) is 1. The third-order valence-corrected chi connectivity index (χ3v) is 5.05. The maximum Gasteiger partial charge on any atom is 0.243 e. The second kappa shape index (κ2) is 7.78. The first-order valence-corrected chi connectivity index (χ1v) is 8.51. The first-order valence-electron chi connectivity index (χ1n) is 7.52. The van der Waals surface area contributed by atoms with Crippen molar-refractivity contribution in [3.05, 3.63) is 12.2 Å². The highest BCUT2D eigenvalue weighted by Crippen LogP contribution is 2.28. The molecule has 2 rings (SSSR count). The Labute approximate surface area is 139 Å². The minimum Gasteiger partial charge on any atom is -0.385 e. The number of carbonyl (C=O) groups is 2. The van der Waals surface area contributed by atoms with E-state index in [1.54, 1.807) is 13.4 Å². The Morgan fingerprint density at radius 2 is 2.39 bits per heavy atom. The van der Waals surface area contributed by atoms with Gasteiger partial charge in [0.2, 0.25) is 11.8 Å². The molecule has 128 valence electrons. The van der Waals surface area contributed by atoms with Gasteiger partial charge < -0.3 is 19.9 Å². The SMILES string of the molecule is COCCCn1cnnc1CNC(=O)C1CSC(C)(C)C(=O)N1. The van der Waals surface area contributed by atoms with Crippen molar-refractivity contribution < 1.29 is 14.3 Å². The van der Waals surface area contributed by atoms with Crippen LogP contribution < -0.4 is 10.6 Å². The number of methoxy groups -OCH3 is 1. The van der Waals surface area contributed by atoms with Gasteiger partial charge in [-0.1, -0.05) is 0 Å². The van der Waals surface area contributed by atoms with Crippen LogP contribution in [0.5, 0.6) is 0 Å². The van der Waals surface area contributed by atoms with Crippen molar-refractivity contribution in [2.45, 2.75) is 44.1 Å². The third kappa shape index (κ3) is 4.68. The van der Waals surface area contributed by atoms with Crippen molar-refractivity contribution in [3.8, 4) is 0 Å². The van der Waals surface area contributed by atoms with Crippen LogP contribution >= 0.6 is 11.8 Å². The molecule has 1 aromatic heterocycles. The molecule has 1 fully saturated rings. The van der Waals surface area contributed by atoms with Gasteiger partial charge in [0, 0.05) is 26.0 Å². The molecule has 1 aromatic rings. The summed E-state index contributed by atoms with van der Waals surface area (Å²) >= 11 is 1.49. The van der Waals surface area contributed by atoms with Crippen LogP contribution in [0.25, 0.3) is 0 Å².